The van der Waals surface area contributed by atoms with Crippen LogP contribution in [0.2, 0.25) is 0 Å². The van der Waals surface area contributed by atoms with Crippen LogP contribution >= 0.6 is 0 Å². The Morgan fingerprint density at radius 2 is 2.29 bits per heavy atom. The van der Waals surface area contributed by atoms with Crippen molar-refractivity contribution in [2.45, 2.75) is 32.9 Å². The number of rotatable bonds is 2. The average Bonchev–Trinajstić information content (AvgIpc) is 2.31. The summed E-state index contributed by atoms with van der Waals surface area (Å²) < 4.78 is 1.83. The smallest absolute Gasteiger partial charge is 0.255 e. The molecule has 0 unspecified atom stereocenters. The maximum Gasteiger partial charge on any atom is 0.255 e. The zero-order valence-corrected chi connectivity index (χ0v) is 10.4. The van der Waals surface area contributed by atoms with Crippen molar-refractivity contribution in [3.63, 3.8) is 0 Å². The number of hydrogen-bond acceptors (Lipinski definition) is 3. The van der Waals surface area contributed by atoms with Crippen LogP contribution in [0.5, 0.6) is 0 Å². The van der Waals surface area contributed by atoms with E-state index in [-0.39, 0.29) is 12.0 Å². The van der Waals surface area contributed by atoms with Crippen LogP contribution in [0.15, 0.2) is 10.9 Å². The predicted octanol–water partition coefficient (Wildman–Crippen LogP) is 0.922. The normalized spacial score (nSPS) is 15.4. The summed E-state index contributed by atoms with van der Waals surface area (Å²) in [6, 6.07) is 3.99. The van der Waals surface area contributed by atoms with Gasteiger partial charge in [-0.05, 0) is 25.6 Å². The van der Waals surface area contributed by atoms with Crippen molar-refractivity contribution < 1.29 is 0 Å². The number of nitrogens with zero attached hydrogens (tertiary/aromatic N) is 3. The topological polar surface area (TPSA) is 49.0 Å². The highest BCUT2D eigenvalue weighted by Crippen LogP contribution is 2.17. The Balaban J connectivity index is 2.58. The molecule has 1 aromatic heterocycles. The molecular weight excluding hydrogens is 214 g/mol. The highest BCUT2D eigenvalue weighted by Gasteiger charge is 2.19. The van der Waals surface area contributed by atoms with Crippen LogP contribution < -0.4 is 5.56 Å². The highest BCUT2D eigenvalue weighted by molar-refractivity contribution is 5.30. The van der Waals surface area contributed by atoms with E-state index in [1.807, 2.05) is 17.6 Å². The molecule has 0 N–H and O–H groups in total. The second-order valence-electron chi connectivity index (χ2n) is 4.51. The Bertz CT molecular complexity index is 525. The molecule has 0 amide bonds. The van der Waals surface area contributed by atoms with E-state index >= 15 is 0 Å². The van der Waals surface area contributed by atoms with Gasteiger partial charge >= 0.3 is 0 Å². The molecule has 0 saturated heterocycles. The lowest BCUT2D eigenvalue weighted by Gasteiger charge is -2.27. The van der Waals surface area contributed by atoms with Crippen molar-refractivity contribution in [2.75, 3.05) is 13.6 Å². The van der Waals surface area contributed by atoms with Crippen LogP contribution in [0.25, 0.3) is 0 Å². The number of likely N-dealkylation sites (N-methyl/N-ethyl adjacent to an activating group) is 1. The van der Waals surface area contributed by atoms with E-state index in [4.69, 9.17) is 5.26 Å². The Kier molecular flexibility index (Phi) is 3.30. The van der Waals surface area contributed by atoms with Crippen LogP contribution in [0.1, 0.15) is 23.7 Å². The van der Waals surface area contributed by atoms with Gasteiger partial charge < -0.3 is 9.47 Å². The first-order valence-electron chi connectivity index (χ1n) is 5.97. The Morgan fingerprint density at radius 1 is 1.53 bits per heavy atom. The molecule has 0 aliphatic carbocycles. The van der Waals surface area contributed by atoms with Crippen LogP contribution in [-0.2, 0) is 25.9 Å². The summed E-state index contributed by atoms with van der Waals surface area (Å²) in [5, 5.41) is 8.76. The van der Waals surface area contributed by atoms with E-state index in [0.29, 0.717) is 12.1 Å². The van der Waals surface area contributed by atoms with Gasteiger partial charge in [0.15, 0.2) is 0 Å². The molecule has 0 fully saturated rings. The van der Waals surface area contributed by atoms with Gasteiger partial charge in [-0.2, -0.15) is 5.26 Å². The average molecular weight is 231 g/mol. The van der Waals surface area contributed by atoms with Gasteiger partial charge in [0, 0.05) is 37.3 Å². The van der Waals surface area contributed by atoms with E-state index in [9.17, 15) is 4.79 Å². The highest BCUT2D eigenvalue weighted by atomic mass is 16.1. The van der Waals surface area contributed by atoms with Gasteiger partial charge in [0.1, 0.15) is 0 Å². The Labute approximate surface area is 101 Å². The fraction of sp³-hybridized carbons (Fsp3) is 0.538. The van der Waals surface area contributed by atoms with Crippen molar-refractivity contribution in [3.05, 3.63) is 33.2 Å². The molecule has 1 aliphatic rings. The maximum absolute atomic E-state index is 12.1. The molecule has 1 aliphatic heterocycles. The van der Waals surface area contributed by atoms with E-state index in [1.54, 1.807) is 0 Å². The molecule has 0 radical (unpaired) electrons. The minimum absolute atomic E-state index is 0.0114. The number of aromatic nitrogens is 1. The molecule has 2 heterocycles. The molecule has 4 heteroatoms. The molecule has 90 valence electrons. The fourth-order valence-corrected chi connectivity index (χ4v) is 2.47. The van der Waals surface area contributed by atoms with Crippen molar-refractivity contribution >= 4 is 0 Å². The molecule has 0 aromatic carbocycles. The van der Waals surface area contributed by atoms with Gasteiger partial charge in [0.05, 0.1) is 12.5 Å². The van der Waals surface area contributed by atoms with Gasteiger partial charge in [-0.1, -0.05) is 0 Å². The lowest BCUT2D eigenvalue weighted by molar-refractivity contribution is 0.304. The van der Waals surface area contributed by atoms with Gasteiger partial charge in [-0.3, -0.25) is 4.79 Å². The SMILES string of the molecule is CCn1c2c(cc(CC#N)c1=O)CN(C)CC2. The summed E-state index contributed by atoms with van der Waals surface area (Å²) in [6.45, 7) is 4.53. The summed E-state index contributed by atoms with van der Waals surface area (Å²) in [5.41, 5.74) is 2.99. The third-order valence-corrected chi connectivity index (χ3v) is 3.32. The Hall–Kier alpha value is -1.60. The molecule has 0 saturated carbocycles. The zero-order chi connectivity index (χ0) is 12.4. The van der Waals surface area contributed by atoms with Crippen LogP contribution in [-0.4, -0.2) is 23.1 Å². The molecule has 4 nitrogen and oxygen atoms in total. The predicted molar refractivity (Wildman–Crippen MR) is 65.7 cm³/mol. The molecule has 1 aromatic rings. The van der Waals surface area contributed by atoms with E-state index in [1.165, 1.54) is 5.56 Å². The van der Waals surface area contributed by atoms with Crippen molar-refractivity contribution in [3.8, 4) is 6.07 Å². The van der Waals surface area contributed by atoms with Crippen molar-refractivity contribution in [1.29, 1.82) is 5.26 Å². The number of nitriles is 1. The maximum atomic E-state index is 12.1. The summed E-state index contributed by atoms with van der Waals surface area (Å²) in [6.07, 6.45) is 1.12. The second kappa shape index (κ2) is 4.72. The second-order valence-corrected chi connectivity index (χ2v) is 4.51. The summed E-state index contributed by atoms with van der Waals surface area (Å²) in [7, 11) is 2.08. The first-order chi connectivity index (χ1) is 8.17. The van der Waals surface area contributed by atoms with Gasteiger partial charge in [-0.15, -0.1) is 0 Å². The zero-order valence-electron chi connectivity index (χ0n) is 10.4. The van der Waals surface area contributed by atoms with E-state index in [0.717, 1.165) is 25.2 Å². The summed E-state index contributed by atoms with van der Waals surface area (Å²) in [4.78, 5) is 14.4. The molecule has 0 bridgehead atoms. The molecule has 0 atom stereocenters. The van der Waals surface area contributed by atoms with Crippen LogP contribution in [0.3, 0.4) is 0 Å². The minimum Gasteiger partial charge on any atom is -0.312 e. The fourth-order valence-electron chi connectivity index (χ4n) is 2.47. The van der Waals surface area contributed by atoms with Gasteiger partial charge in [-0.25, -0.2) is 0 Å². The van der Waals surface area contributed by atoms with E-state index in [2.05, 4.69) is 18.0 Å². The standard InChI is InChI=1S/C13H17N3O/c1-3-16-12-5-7-15(2)9-11(12)8-10(4-6-14)13(16)17/h8H,3-5,7,9H2,1-2H3. The largest absolute Gasteiger partial charge is 0.312 e. The summed E-state index contributed by atoms with van der Waals surface area (Å²) >= 11 is 0. The van der Waals surface area contributed by atoms with Crippen molar-refractivity contribution in [1.82, 2.24) is 9.47 Å². The molecule has 2 rings (SSSR count). The monoisotopic (exact) mass is 231 g/mol. The number of hydrogen-bond donors (Lipinski definition) is 0. The third kappa shape index (κ3) is 2.11. The van der Waals surface area contributed by atoms with E-state index < -0.39 is 0 Å². The molecule has 0 spiro atoms. The quantitative estimate of drug-likeness (QED) is 0.760. The first kappa shape index (κ1) is 11.9. The van der Waals surface area contributed by atoms with Gasteiger partial charge in [0.25, 0.3) is 5.56 Å². The third-order valence-electron chi connectivity index (χ3n) is 3.32. The lowest BCUT2D eigenvalue weighted by Crippen LogP contribution is -2.35. The molecule has 17 heavy (non-hydrogen) atoms. The Morgan fingerprint density at radius 3 is 2.94 bits per heavy atom. The number of fused-ring (bicyclic) bond motifs is 1. The summed E-state index contributed by atoms with van der Waals surface area (Å²) in [5.74, 6) is 0. The molecular formula is C13H17N3O. The van der Waals surface area contributed by atoms with Crippen LogP contribution in [0, 0.1) is 11.3 Å². The van der Waals surface area contributed by atoms with Gasteiger partial charge in [0.2, 0.25) is 0 Å². The first-order valence-corrected chi connectivity index (χ1v) is 5.97. The van der Waals surface area contributed by atoms with Crippen LogP contribution in [0.4, 0.5) is 0 Å². The van der Waals surface area contributed by atoms with Crippen molar-refractivity contribution in [2.24, 2.45) is 0 Å². The minimum atomic E-state index is 0.0114. The lowest BCUT2D eigenvalue weighted by atomic mass is 10.0. The number of pyridine rings is 1.